The number of anilines is 2. The van der Waals surface area contributed by atoms with Gasteiger partial charge >= 0.3 is 0 Å². The van der Waals surface area contributed by atoms with Crippen molar-refractivity contribution in [3.8, 4) is 11.1 Å². The van der Waals surface area contributed by atoms with Crippen molar-refractivity contribution in [2.75, 3.05) is 4.90 Å². The van der Waals surface area contributed by atoms with Gasteiger partial charge in [-0.05, 0) is 79.6 Å². The second kappa shape index (κ2) is 12.0. The summed E-state index contributed by atoms with van der Waals surface area (Å²) >= 11 is 0. The number of hydrogen-bond acceptors (Lipinski definition) is 1. The quantitative estimate of drug-likeness (QED) is 0.169. The molecule has 1 heteroatoms. The summed E-state index contributed by atoms with van der Waals surface area (Å²) in [5.74, 6) is 0.446. The molecule has 0 amide bonds. The van der Waals surface area contributed by atoms with Crippen LogP contribution in [0, 0.1) is 0 Å². The Kier molecular flexibility index (Phi) is 7.09. The van der Waals surface area contributed by atoms with Gasteiger partial charge < -0.3 is 4.90 Å². The van der Waals surface area contributed by atoms with Crippen LogP contribution in [0.3, 0.4) is 0 Å². The van der Waals surface area contributed by atoms with E-state index in [0.717, 1.165) is 0 Å². The molecule has 3 unspecified atom stereocenters. The Labute approximate surface area is 282 Å². The van der Waals surface area contributed by atoms with Crippen LogP contribution in [-0.4, -0.2) is 6.04 Å². The van der Waals surface area contributed by atoms with Crippen LogP contribution >= 0.6 is 0 Å². The Morgan fingerprint density at radius 1 is 0.500 bits per heavy atom. The maximum Gasteiger partial charge on any atom is 0.0630 e. The normalized spacial score (nSPS) is 17.1. The summed E-state index contributed by atoms with van der Waals surface area (Å²) in [6.45, 7) is 0. The molecule has 0 N–H and O–H groups in total. The van der Waals surface area contributed by atoms with Gasteiger partial charge in [0.1, 0.15) is 0 Å². The van der Waals surface area contributed by atoms with E-state index in [4.69, 9.17) is 0 Å². The molecule has 0 bridgehead atoms. The highest BCUT2D eigenvalue weighted by atomic mass is 15.2. The third-order valence-corrected chi connectivity index (χ3v) is 10.1. The van der Waals surface area contributed by atoms with E-state index in [2.05, 4.69) is 199 Å². The van der Waals surface area contributed by atoms with Crippen molar-refractivity contribution in [2.24, 2.45) is 0 Å². The lowest BCUT2D eigenvalue weighted by Crippen LogP contribution is -2.28. The minimum Gasteiger partial charge on any atom is -0.333 e. The zero-order valence-electron chi connectivity index (χ0n) is 26.7. The molecule has 9 rings (SSSR count). The first-order valence-electron chi connectivity index (χ1n) is 16.9. The first kappa shape index (κ1) is 28.3. The van der Waals surface area contributed by atoms with Crippen molar-refractivity contribution in [3.05, 3.63) is 222 Å². The SMILES string of the molecule is C1=CC2C(C=C1c1cccc(-c3ccc(C(c4ccccc4)c4cccc5ccccc45)cc3)c1)c1ccccc1N2c1ccccc1. The molecule has 0 saturated carbocycles. The van der Waals surface area contributed by atoms with Gasteiger partial charge in [-0.15, -0.1) is 0 Å². The minimum atomic E-state index is 0.146. The number of benzene rings is 7. The lowest BCUT2D eigenvalue weighted by molar-refractivity contribution is 0.747. The van der Waals surface area contributed by atoms with Gasteiger partial charge in [-0.25, -0.2) is 0 Å². The Hall–Kier alpha value is -5.92. The van der Waals surface area contributed by atoms with Crippen molar-refractivity contribution in [3.63, 3.8) is 0 Å². The molecular formula is C47H35N. The van der Waals surface area contributed by atoms with Crippen molar-refractivity contribution in [1.29, 1.82) is 0 Å². The van der Waals surface area contributed by atoms with E-state index in [1.807, 2.05) is 0 Å². The van der Waals surface area contributed by atoms with Crippen molar-refractivity contribution in [1.82, 2.24) is 0 Å². The molecule has 7 aromatic carbocycles. The smallest absolute Gasteiger partial charge is 0.0630 e. The van der Waals surface area contributed by atoms with Crippen LogP contribution in [0.5, 0.6) is 0 Å². The molecule has 1 aliphatic carbocycles. The fraction of sp³-hybridized carbons (Fsp3) is 0.0638. The molecule has 228 valence electrons. The number of nitrogens with zero attached hydrogens (tertiary/aromatic N) is 1. The molecule has 0 aromatic heterocycles. The minimum absolute atomic E-state index is 0.146. The van der Waals surface area contributed by atoms with E-state index in [1.54, 1.807) is 0 Å². The van der Waals surface area contributed by atoms with Crippen LogP contribution in [0.25, 0.3) is 27.5 Å². The number of para-hydroxylation sites is 2. The van der Waals surface area contributed by atoms with Gasteiger partial charge in [0, 0.05) is 23.2 Å². The topological polar surface area (TPSA) is 3.24 Å². The van der Waals surface area contributed by atoms with Crippen molar-refractivity contribution in [2.45, 2.75) is 17.9 Å². The van der Waals surface area contributed by atoms with Crippen molar-refractivity contribution >= 4 is 27.7 Å². The standard InChI is InChI=1S/C47H35N/c1-3-14-35(15-4-1)47(43-23-12-16-34-13-7-8-21-41(34)43)36-27-25-33(26-28-36)37-17-11-18-38(31-37)39-29-30-46-44(32-39)42-22-9-10-24-45(42)48(46)40-19-5-2-6-20-40/h1-32,44,46-47H. The summed E-state index contributed by atoms with van der Waals surface area (Å²) in [5, 5.41) is 2.58. The van der Waals surface area contributed by atoms with E-state index in [1.165, 1.54) is 66.7 Å². The Bertz CT molecular complexity index is 2290. The second-order valence-electron chi connectivity index (χ2n) is 12.9. The van der Waals surface area contributed by atoms with Gasteiger partial charge in [-0.1, -0.05) is 170 Å². The number of allylic oxidation sites excluding steroid dienone is 2. The maximum absolute atomic E-state index is 2.49. The average Bonchev–Trinajstić information content (AvgIpc) is 3.50. The van der Waals surface area contributed by atoms with Crippen LogP contribution in [0.15, 0.2) is 194 Å². The third-order valence-electron chi connectivity index (χ3n) is 10.1. The van der Waals surface area contributed by atoms with E-state index in [0.29, 0.717) is 5.92 Å². The predicted octanol–water partition coefficient (Wildman–Crippen LogP) is 11.9. The summed E-state index contributed by atoms with van der Waals surface area (Å²) in [7, 11) is 0. The monoisotopic (exact) mass is 613 g/mol. The van der Waals surface area contributed by atoms with Crippen LogP contribution in [0.4, 0.5) is 11.4 Å². The van der Waals surface area contributed by atoms with Gasteiger partial charge in [0.05, 0.1) is 6.04 Å². The van der Waals surface area contributed by atoms with Gasteiger partial charge in [-0.2, -0.15) is 0 Å². The molecule has 7 aromatic rings. The van der Waals surface area contributed by atoms with Crippen LogP contribution in [-0.2, 0) is 0 Å². The molecule has 0 saturated heterocycles. The summed E-state index contributed by atoms with van der Waals surface area (Å²) in [5.41, 5.74) is 12.8. The molecule has 1 nitrogen and oxygen atoms in total. The third kappa shape index (κ3) is 4.96. The van der Waals surface area contributed by atoms with Crippen molar-refractivity contribution < 1.29 is 0 Å². The Balaban J connectivity index is 1.05. The van der Waals surface area contributed by atoms with E-state index in [9.17, 15) is 0 Å². The van der Waals surface area contributed by atoms with E-state index in [-0.39, 0.29) is 12.0 Å². The number of rotatable bonds is 6. The largest absolute Gasteiger partial charge is 0.333 e. The molecule has 3 atom stereocenters. The van der Waals surface area contributed by atoms with Gasteiger partial charge in [0.15, 0.2) is 0 Å². The number of hydrogen-bond donors (Lipinski definition) is 0. The lowest BCUT2D eigenvalue weighted by Gasteiger charge is -2.29. The maximum atomic E-state index is 2.49. The molecule has 48 heavy (non-hydrogen) atoms. The van der Waals surface area contributed by atoms with Gasteiger partial charge in [0.25, 0.3) is 0 Å². The van der Waals surface area contributed by atoms with Gasteiger partial charge in [-0.3, -0.25) is 0 Å². The lowest BCUT2D eigenvalue weighted by atomic mass is 9.82. The molecule has 0 spiro atoms. The van der Waals surface area contributed by atoms with E-state index < -0.39 is 0 Å². The molecule has 1 heterocycles. The van der Waals surface area contributed by atoms with E-state index >= 15 is 0 Å². The van der Waals surface area contributed by atoms with Gasteiger partial charge in [0.2, 0.25) is 0 Å². The van der Waals surface area contributed by atoms with Crippen LogP contribution in [0.1, 0.15) is 39.7 Å². The fourth-order valence-corrected chi connectivity index (χ4v) is 7.88. The summed E-state index contributed by atoms with van der Waals surface area (Å²) < 4.78 is 0. The molecule has 0 fully saturated rings. The zero-order valence-corrected chi connectivity index (χ0v) is 26.7. The molecular weight excluding hydrogens is 579 g/mol. The first-order chi connectivity index (χ1) is 23.8. The Morgan fingerprint density at radius 2 is 1.17 bits per heavy atom. The van der Waals surface area contributed by atoms with Crippen LogP contribution in [0.2, 0.25) is 0 Å². The highest BCUT2D eigenvalue weighted by Crippen LogP contribution is 2.49. The molecule has 2 aliphatic rings. The zero-order chi connectivity index (χ0) is 31.9. The molecule has 0 radical (unpaired) electrons. The molecule has 1 aliphatic heterocycles. The average molecular weight is 614 g/mol. The summed E-state index contributed by atoms with van der Waals surface area (Å²) in [4.78, 5) is 2.49. The summed E-state index contributed by atoms with van der Waals surface area (Å²) in [6.07, 6.45) is 7.19. The predicted molar refractivity (Wildman–Crippen MR) is 202 cm³/mol. The Morgan fingerprint density at radius 3 is 2.02 bits per heavy atom. The number of fused-ring (bicyclic) bond motifs is 4. The highest BCUT2D eigenvalue weighted by Gasteiger charge is 2.38. The first-order valence-corrected chi connectivity index (χ1v) is 16.9. The fourth-order valence-electron chi connectivity index (χ4n) is 7.88. The highest BCUT2D eigenvalue weighted by molar-refractivity contribution is 5.87. The second-order valence-corrected chi connectivity index (χ2v) is 12.9. The van der Waals surface area contributed by atoms with Crippen LogP contribution < -0.4 is 4.90 Å². The summed E-state index contributed by atoms with van der Waals surface area (Å²) in [6, 6.07) is 64.5.